The van der Waals surface area contributed by atoms with Crippen LogP contribution in [0.2, 0.25) is 0 Å². The maximum absolute atomic E-state index is 14.2. The third kappa shape index (κ3) is 2.51. The highest BCUT2D eigenvalue weighted by atomic mass is 32.1. The van der Waals surface area contributed by atoms with Gasteiger partial charge >= 0.3 is 0 Å². The average Bonchev–Trinajstić information content (AvgIpc) is 2.79. The highest BCUT2D eigenvalue weighted by Crippen LogP contribution is 2.39. The monoisotopic (exact) mass is 295 g/mol. The van der Waals surface area contributed by atoms with E-state index in [0.717, 1.165) is 11.3 Å². The van der Waals surface area contributed by atoms with Crippen LogP contribution in [-0.2, 0) is 0 Å². The summed E-state index contributed by atoms with van der Waals surface area (Å²) in [6.45, 7) is 3.19. The van der Waals surface area contributed by atoms with Crippen LogP contribution >= 0.6 is 11.3 Å². The molecule has 0 bridgehead atoms. The average molecular weight is 295 g/mol. The second-order valence-electron chi connectivity index (χ2n) is 4.18. The van der Waals surface area contributed by atoms with Crippen LogP contribution in [-0.4, -0.2) is 25.0 Å². The van der Waals surface area contributed by atoms with Crippen LogP contribution in [0.1, 0.15) is 22.3 Å². The topological polar surface area (TPSA) is 48.4 Å². The lowest BCUT2D eigenvalue weighted by atomic mass is 10.2. The van der Waals surface area contributed by atoms with Crippen molar-refractivity contribution in [1.82, 2.24) is 4.98 Å². The molecule has 2 rings (SSSR count). The highest BCUT2D eigenvalue weighted by Gasteiger charge is 2.20. The number of ketones is 1. The van der Waals surface area contributed by atoms with Crippen LogP contribution in [0.4, 0.5) is 4.39 Å². The number of ether oxygens (including phenoxy) is 2. The lowest BCUT2D eigenvalue weighted by Crippen LogP contribution is -1.94. The summed E-state index contributed by atoms with van der Waals surface area (Å²) in [4.78, 5) is 16.3. The number of thiazole rings is 1. The van der Waals surface area contributed by atoms with Gasteiger partial charge in [0.1, 0.15) is 22.3 Å². The number of halogens is 1. The maximum Gasteiger partial charge on any atom is 0.171 e. The number of rotatable bonds is 4. The van der Waals surface area contributed by atoms with Crippen molar-refractivity contribution in [2.75, 3.05) is 14.2 Å². The predicted molar refractivity (Wildman–Crippen MR) is 75.4 cm³/mol. The Morgan fingerprint density at radius 1 is 1.30 bits per heavy atom. The first-order valence-electron chi connectivity index (χ1n) is 5.88. The Hall–Kier alpha value is -1.95. The molecule has 0 aliphatic rings. The number of aromatic nitrogens is 1. The summed E-state index contributed by atoms with van der Waals surface area (Å²) >= 11 is 1.16. The van der Waals surface area contributed by atoms with Gasteiger partial charge in [-0.05, 0) is 6.92 Å². The second-order valence-corrected chi connectivity index (χ2v) is 5.18. The quantitative estimate of drug-likeness (QED) is 0.810. The molecule has 2 aromatic rings. The standard InChI is InChI=1S/C14H14FNO3S/c1-7-13(8(2)17)20-14(16-7)12-10(15)5-9(18-3)6-11(12)19-4/h5-6H,1-4H3. The van der Waals surface area contributed by atoms with Crippen LogP contribution in [0.3, 0.4) is 0 Å². The molecule has 1 aromatic carbocycles. The third-order valence-corrected chi connectivity index (χ3v) is 4.09. The van der Waals surface area contributed by atoms with E-state index in [-0.39, 0.29) is 11.3 Å². The minimum atomic E-state index is -0.495. The van der Waals surface area contributed by atoms with Gasteiger partial charge in [-0.15, -0.1) is 11.3 Å². The fraction of sp³-hybridized carbons (Fsp3) is 0.286. The van der Waals surface area contributed by atoms with Crippen LogP contribution in [0.15, 0.2) is 12.1 Å². The molecular formula is C14H14FNO3S. The molecule has 0 saturated carbocycles. The van der Waals surface area contributed by atoms with Gasteiger partial charge in [0.25, 0.3) is 0 Å². The van der Waals surface area contributed by atoms with Crippen molar-refractivity contribution in [2.24, 2.45) is 0 Å². The second kappa shape index (κ2) is 5.58. The lowest BCUT2D eigenvalue weighted by molar-refractivity contribution is 0.102. The Morgan fingerprint density at radius 3 is 2.50 bits per heavy atom. The fourth-order valence-electron chi connectivity index (χ4n) is 1.87. The molecule has 0 aliphatic heterocycles. The molecule has 1 aromatic heterocycles. The van der Waals surface area contributed by atoms with Crippen molar-refractivity contribution in [3.63, 3.8) is 0 Å². The fourth-order valence-corrected chi connectivity index (χ4v) is 2.89. The van der Waals surface area contributed by atoms with Gasteiger partial charge in [-0.25, -0.2) is 9.37 Å². The molecule has 0 N–H and O–H groups in total. The lowest BCUT2D eigenvalue weighted by Gasteiger charge is -2.09. The van der Waals surface area contributed by atoms with E-state index in [4.69, 9.17) is 9.47 Å². The van der Waals surface area contributed by atoms with E-state index in [1.54, 1.807) is 13.0 Å². The van der Waals surface area contributed by atoms with Gasteiger partial charge in [-0.2, -0.15) is 0 Å². The Bertz CT molecular complexity index is 667. The minimum Gasteiger partial charge on any atom is -0.497 e. The molecule has 6 heteroatoms. The molecule has 0 unspecified atom stereocenters. The molecular weight excluding hydrogens is 281 g/mol. The van der Waals surface area contributed by atoms with Crippen molar-refractivity contribution in [3.8, 4) is 22.1 Å². The summed E-state index contributed by atoms with van der Waals surface area (Å²) in [6, 6.07) is 2.85. The van der Waals surface area contributed by atoms with E-state index in [2.05, 4.69) is 4.98 Å². The molecule has 0 spiro atoms. The zero-order chi connectivity index (χ0) is 14.9. The van der Waals surface area contributed by atoms with Crippen molar-refractivity contribution < 1.29 is 18.7 Å². The molecule has 0 fully saturated rings. The van der Waals surface area contributed by atoms with Crippen molar-refractivity contribution in [2.45, 2.75) is 13.8 Å². The molecule has 106 valence electrons. The van der Waals surface area contributed by atoms with Crippen LogP contribution < -0.4 is 9.47 Å². The Kier molecular flexibility index (Phi) is 4.04. The summed E-state index contributed by atoms with van der Waals surface area (Å²) in [5.74, 6) is 0.109. The number of hydrogen-bond acceptors (Lipinski definition) is 5. The van der Waals surface area contributed by atoms with Crippen LogP contribution in [0.5, 0.6) is 11.5 Å². The maximum atomic E-state index is 14.2. The molecule has 0 aliphatic carbocycles. The summed E-state index contributed by atoms with van der Waals surface area (Å²) in [6.07, 6.45) is 0. The summed E-state index contributed by atoms with van der Waals surface area (Å²) < 4.78 is 24.4. The van der Waals surface area contributed by atoms with Gasteiger partial charge in [0.15, 0.2) is 5.78 Å². The molecule has 0 saturated heterocycles. The first kappa shape index (κ1) is 14.5. The molecule has 0 atom stereocenters. The third-order valence-electron chi connectivity index (χ3n) is 2.81. The summed E-state index contributed by atoms with van der Waals surface area (Å²) in [7, 11) is 2.90. The van der Waals surface area contributed by atoms with Crippen molar-refractivity contribution in [3.05, 3.63) is 28.5 Å². The Morgan fingerprint density at radius 2 is 2.00 bits per heavy atom. The predicted octanol–water partition coefficient (Wildman–Crippen LogP) is 3.48. The summed E-state index contributed by atoms with van der Waals surface area (Å²) in [5, 5.41) is 0.421. The van der Waals surface area contributed by atoms with Gasteiger partial charge < -0.3 is 9.47 Å². The first-order chi connectivity index (χ1) is 9.47. The van der Waals surface area contributed by atoms with Gasteiger partial charge in [0, 0.05) is 19.1 Å². The number of nitrogens with zero attached hydrogens (tertiary/aromatic N) is 1. The number of methoxy groups -OCH3 is 2. The number of aryl methyl sites for hydroxylation is 1. The van der Waals surface area contributed by atoms with E-state index in [1.165, 1.54) is 27.2 Å². The number of carbonyl (C=O) groups is 1. The molecule has 4 nitrogen and oxygen atoms in total. The smallest absolute Gasteiger partial charge is 0.171 e. The largest absolute Gasteiger partial charge is 0.497 e. The number of carbonyl (C=O) groups excluding carboxylic acids is 1. The van der Waals surface area contributed by atoms with Gasteiger partial charge in [0.2, 0.25) is 0 Å². The molecule has 20 heavy (non-hydrogen) atoms. The van der Waals surface area contributed by atoms with E-state index in [1.807, 2.05) is 0 Å². The summed E-state index contributed by atoms with van der Waals surface area (Å²) in [5.41, 5.74) is 0.837. The van der Waals surface area contributed by atoms with E-state index in [9.17, 15) is 9.18 Å². The van der Waals surface area contributed by atoms with Gasteiger partial charge in [0.05, 0.1) is 30.4 Å². The van der Waals surface area contributed by atoms with Crippen molar-refractivity contribution >= 4 is 17.1 Å². The highest BCUT2D eigenvalue weighted by molar-refractivity contribution is 7.17. The van der Waals surface area contributed by atoms with E-state index < -0.39 is 5.82 Å². The number of benzene rings is 1. The Balaban J connectivity index is 2.63. The zero-order valence-electron chi connectivity index (χ0n) is 11.6. The van der Waals surface area contributed by atoms with Crippen LogP contribution in [0.25, 0.3) is 10.6 Å². The number of hydrogen-bond donors (Lipinski definition) is 0. The SMILES string of the molecule is COc1cc(F)c(-c2nc(C)c(C(C)=O)s2)c(OC)c1. The molecule has 0 radical (unpaired) electrons. The number of Topliss-reactive ketones (excluding diaryl/α,β-unsaturated/α-hetero) is 1. The van der Waals surface area contributed by atoms with Crippen molar-refractivity contribution in [1.29, 1.82) is 0 Å². The van der Waals surface area contributed by atoms with Gasteiger partial charge in [-0.3, -0.25) is 4.79 Å². The first-order valence-corrected chi connectivity index (χ1v) is 6.69. The van der Waals surface area contributed by atoms with E-state index >= 15 is 0 Å². The minimum absolute atomic E-state index is 0.0841. The normalized spacial score (nSPS) is 10.4. The van der Waals surface area contributed by atoms with Gasteiger partial charge in [-0.1, -0.05) is 0 Å². The zero-order valence-corrected chi connectivity index (χ0v) is 12.4. The molecule has 0 amide bonds. The Labute approximate surface area is 120 Å². The van der Waals surface area contributed by atoms with E-state index in [0.29, 0.717) is 27.1 Å². The van der Waals surface area contributed by atoms with Crippen LogP contribution in [0, 0.1) is 12.7 Å². The molecule has 1 heterocycles.